The van der Waals surface area contributed by atoms with Crippen LogP contribution < -0.4 is 0 Å². The van der Waals surface area contributed by atoms with Crippen LogP contribution in [0.1, 0.15) is 28.9 Å². The topological polar surface area (TPSA) is 99.9 Å². The first-order chi connectivity index (χ1) is 12.2. The molecule has 128 valence electrons. The molecule has 0 bridgehead atoms. The molecule has 1 aliphatic heterocycles. The Hall–Kier alpha value is -3.00. The normalized spacial score (nSPS) is 20.6. The minimum atomic E-state index is -1.16. The Labute approximate surface area is 144 Å². The van der Waals surface area contributed by atoms with Crippen LogP contribution in [0.15, 0.2) is 49.2 Å². The van der Waals surface area contributed by atoms with Crippen LogP contribution >= 0.6 is 0 Å². The second-order valence-electron chi connectivity index (χ2n) is 6.23. The number of rotatable bonds is 3. The van der Waals surface area contributed by atoms with Crippen molar-refractivity contribution in [2.75, 3.05) is 13.1 Å². The standard InChI is InChI=1S/C17H18N6O2/c24-16(13-2-4-14(5-3-13)23-9-7-18-12-23)22-8-1-6-17(25,11-22)15-10-19-21-20-15/h2-5,7,9-10,12,25H,1,6,8,11H2,(H,19,20,21). The van der Waals surface area contributed by atoms with Crippen molar-refractivity contribution in [1.82, 2.24) is 29.9 Å². The Balaban J connectivity index is 1.52. The third-order valence-electron chi connectivity index (χ3n) is 4.57. The number of β-amino-alcohol motifs (C(OH)–C–C–N with tert-alkyl or cyclic N) is 1. The van der Waals surface area contributed by atoms with E-state index in [1.807, 2.05) is 22.9 Å². The molecule has 3 aromatic rings. The van der Waals surface area contributed by atoms with Crippen molar-refractivity contribution in [1.29, 1.82) is 0 Å². The van der Waals surface area contributed by atoms with Crippen LogP contribution in [-0.2, 0) is 5.60 Å². The van der Waals surface area contributed by atoms with Gasteiger partial charge in [-0.15, -0.1) is 0 Å². The summed E-state index contributed by atoms with van der Waals surface area (Å²) in [5.74, 6) is -0.0983. The molecule has 0 aliphatic carbocycles. The quantitative estimate of drug-likeness (QED) is 0.745. The number of likely N-dealkylation sites (tertiary alicyclic amines) is 1. The van der Waals surface area contributed by atoms with Crippen LogP contribution in [0.25, 0.3) is 5.69 Å². The average molecular weight is 338 g/mol. The molecule has 1 atom stereocenters. The van der Waals surface area contributed by atoms with Gasteiger partial charge < -0.3 is 14.6 Å². The van der Waals surface area contributed by atoms with E-state index < -0.39 is 5.60 Å². The summed E-state index contributed by atoms with van der Waals surface area (Å²) in [6.07, 6.45) is 8.04. The van der Waals surface area contributed by atoms with Gasteiger partial charge in [-0.05, 0) is 37.1 Å². The van der Waals surface area contributed by atoms with Crippen LogP contribution in [0.2, 0.25) is 0 Å². The maximum Gasteiger partial charge on any atom is 0.253 e. The van der Waals surface area contributed by atoms with E-state index >= 15 is 0 Å². The molecule has 0 saturated carbocycles. The molecule has 25 heavy (non-hydrogen) atoms. The summed E-state index contributed by atoms with van der Waals surface area (Å²) in [7, 11) is 0. The number of hydrogen-bond donors (Lipinski definition) is 2. The molecule has 1 aromatic carbocycles. The summed E-state index contributed by atoms with van der Waals surface area (Å²) in [5, 5.41) is 21.1. The van der Waals surface area contributed by atoms with Gasteiger partial charge in [-0.25, -0.2) is 4.98 Å². The van der Waals surface area contributed by atoms with Gasteiger partial charge in [-0.1, -0.05) is 0 Å². The first kappa shape index (κ1) is 15.5. The predicted octanol–water partition coefficient (Wildman–Crippen LogP) is 1.11. The number of nitrogens with zero attached hydrogens (tertiary/aromatic N) is 5. The van der Waals surface area contributed by atoms with Crippen molar-refractivity contribution < 1.29 is 9.90 Å². The van der Waals surface area contributed by atoms with Crippen molar-refractivity contribution in [3.05, 3.63) is 60.4 Å². The van der Waals surface area contributed by atoms with E-state index in [0.29, 0.717) is 30.6 Å². The van der Waals surface area contributed by atoms with Gasteiger partial charge in [-0.3, -0.25) is 4.79 Å². The molecule has 2 aromatic heterocycles. The van der Waals surface area contributed by atoms with E-state index in [1.54, 1.807) is 29.6 Å². The number of imidazole rings is 1. The Kier molecular flexibility index (Phi) is 3.81. The molecule has 0 radical (unpaired) electrons. The lowest BCUT2D eigenvalue weighted by Gasteiger charge is -2.38. The third kappa shape index (κ3) is 2.91. The summed E-state index contributed by atoms with van der Waals surface area (Å²) in [6, 6.07) is 7.34. The van der Waals surface area contributed by atoms with E-state index in [2.05, 4.69) is 20.4 Å². The maximum atomic E-state index is 12.8. The number of piperidine rings is 1. The highest BCUT2D eigenvalue weighted by Gasteiger charge is 2.38. The molecule has 2 N–H and O–H groups in total. The number of hydrogen-bond acceptors (Lipinski definition) is 5. The highest BCUT2D eigenvalue weighted by molar-refractivity contribution is 5.94. The SMILES string of the molecule is O=C(c1ccc(-n2ccnc2)cc1)N1CCCC(O)(c2cn[nH]n2)C1. The Morgan fingerprint density at radius 1 is 1.28 bits per heavy atom. The van der Waals surface area contributed by atoms with Gasteiger partial charge in [0, 0.05) is 30.2 Å². The van der Waals surface area contributed by atoms with Gasteiger partial charge in [0.1, 0.15) is 11.3 Å². The average Bonchev–Trinajstić information content (AvgIpc) is 3.35. The van der Waals surface area contributed by atoms with Crippen molar-refractivity contribution >= 4 is 5.91 Å². The Morgan fingerprint density at radius 2 is 2.12 bits per heavy atom. The Morgan fingerprint density at radius 3 is 2.80 bits per heavy atom. The van der Waals surface area contributed by atoms with E-state index in [1.165, 1.54) is 6.20 Å². The van der Waals surface area contributed by atoms with Gasteiger partial charge in [0.2, 0.25) is 0 Å². The molecule has 1 amide bonds. The van der Waals surface area contributed by atoms with Crippen LogP contribution in [0.3, 0.4) is 0 Å². The summed E-state index contributed by atoms with van der Waals surface area (Å²) < 4.78 is 1.87. The number of aromatic amines is 1. The van der Waals surface area contributed by atoms with Gasteiger partial charge in [-0.2, -0.15) is 15.4 Å². The molecule has 8 nitrogen and oxygen atoms in total. The van der Waals surface area contributed by atoms with Gasteiger partial charge >= 0.3 is 0 Å². The van der Waals surface area contributed by atoms with Gasteiger partial charge in [0.05, 0.1) is 19.1 Å². The molecular formula is C17H18N6O2. The molecule has 0 spiro atoms. The zero-order chi connectivity index (χ0) is 17.3. The first-order valence-electron chi connectivity index (χ1n) is 8.12. The summed E-state index contributed by atoms with van der Waals surface area (Å²) in [4.78, 5) is 18.5. The first-order valence-corrected chi connectivity index (χ1v) is 8.12. The minimum Gasteiger partial charge on any atom is -0.382 e. The summed E-state index contributed by atoms with van der Waals surface area (Å²) in [5.41, 5.74) is 0.845. The summed E-state index contributed by atoms with van der Waals surface area (Å²) in [6.45, 7) is 0.823. The van der Waals surface area contributed by atoms with Crippen molar-refractivity contribution in [3.63, 3.8) is 0 Å². The minimum absolute atomic E-state index is 0.0983. The predicted molar refractivity (Wildman–Crippen MR) is 89.0 cm³/mol. The monoisotopic (exact) mass is 338 g/mol. The van der Waals surface area contributed by atoms with E-state index in [0.717, 1.165) is 5.69 Å². The molecular weight excluding hydrogens is 320 g/mol. The van der Waals surface area contributed by atoms with Crippen molar-refractivity contribution in [3.8, 4) is 5.69 Å². The molecule has 8 heteroatoms. The molecule has 1 saturated heterocycles. The summed E-state index contributed by atoms with van der Waals surface area (Å²) >= 11 is 0. The van der Waals surface area contributed by atoms with Crippen LogP contribution in [-0.4, -0.2) is 54.0 Å². The van der Waals surface area contributed by atoms with E-state index in [9.17, 15) is 9.90 Å². The van der Waals surface area contributed by atoms with Crippen LogP contribution in [0, 0.1) is 0 Å². The highest BCUT2D eigenvalue weighted by Crippen LogP contribution is 2.30. The number of nitrogens with one attached hydrogen (secondary N) is 1. The smallest absolute Gasteiger partial charge is 0.253 e. The van der Waals surface area contributed by atoms with Gasteiger partial charge in [0.15, 0.2) is 0 Å². The molecule has 1 unspecified atom stereocenters. The van der Waals surface area contributed by atoms with Crippen molar-refractivity contribution in [2.24, 2.45) is 0 Å². The third-order valence-corrected chi connectivity index (χ3v) is 4.57. The molecule has 4 rings (SSSR count). The number of amides is 1. The molecule has 1 fully saturated rings. The van der Waals surface area contributed by atoms with Crippen LogP contribution in [0.5, 0.6) is 0 Å². The fourth-order valence-electron chi connectivity index (χ4n) is 3.22. The largest absolute Gasteiger partial charge is 0.382 e. The lowest BCUT2D eigenvalue weighted by Crippen LogP contribution is -2.48. The fraction of sp³-hybridized carbons (Fsp3) is 0.294. The number of H-pyrrole nitrogens is 1. The lowest BCUT2D eigenvalue weighted by molar-refractivity contribution is -0.0320. The molecule has 3 heterocycles. The lowest BCUT2D eigenvalue weighted by atomic mass is 9.89. The zero-order valence-corrected chi connectivity index (χ0v) is 13.5. The number of carbonyl (C=O) groups is 1. The number of carbonyl (C=O) groups excluding carboxylic acids is 1. The maximum absolute atomic E-state index is 12.8. The van der Waals surface area contributed by atoms with E-state index in [-0.39, 0.29) is 12.5 Å². The van der Waals surface area contributed by atoms with E-state index in [4.69, 9.17) is 0 Å². The number of aromatic nitrogens is 5. The number of benzene rings is 1. The Bertz CT molecular complexity index is 844. The molecule has 1 aliphatic rings. The highest BCUT2D eigenvalue weighted by atomic mass is 16.3. The number of aliphatic hydroxyl groups is 1. The van der Waals surface area contributed by atoms with Crippen LogP contribution in [0.4, 0.5) is 0 Å². The zero-order valence-electron chi connectivity index (χ0n) is 13.5. The van der Waals surface area contributed by atoms with Crippen molar-refractivity contribution in [2.45, 2.75) is 18.4 Å². The second kappa shape index (κ2) is 6.14. The fourth-order valence-corrected chi connectivity index (χ4v) is 3.22. The van der Waals surface area contributed by atoms with Gasteiger partial charge in [0.25, 0.3) is 5.91 Å². The second-order valence-corrected chi connectivity index (χ2v) is 6.23.